The number of likely N-dealkylation sites (tertiary alicyclic amines) is 1. The molecule has 0 radical (unpaired) electrons. The van der Waals surface area contributed by atoms with Gasteiger partial charge < -0.3 is 4.90 Å². The van der Waals surface area contributed by atoms with E-state index in [4.69, 9.17) is 10.2 Å². The normalized spacial score (nSPS) is 15.2. The van der Waals surface area contributed by atoms with Crippen molar-refractivity contribution in [1.82, 2.24) is 19.9 Å². The highest BCUT2D eigenvalue weighted by Crippen LogP contribution is 2.30. The van der Waals surface area contributed by atoms with Crippen LogP contribution >= 0.6 is 0 Å². The van der Waals surface area contributed by atoms with E-state index >= 15 is 0 Å². The predicted octanol–water partition coefficient (Wildman–Crippen LogP) is 6.07. The molecule has 198 valence electrons. The van der Waals surface area contributed by atoms with Crippen molar-refractivity contribution in [2.45, 2.75) is 51.9 Å². The molecule has 1 unspecified atom stereocenters. The Morgan fingerprint density at radius 3 is 2.54 bits per heavy atom. The number of benzene rings is 1. The number of nitrogens with zero attached hydrogens (tertiary/aromatic N) is 5. The Balaban J connectivity index is 1.35. The quantitative estimate of drug-likeness (QED) is 0.282. The van der Waals surface area contributed by atoms with Gasteiger partial charge in [0, 0.05) is 25.1 Å². The van der Waals surface area contributed by atoms with Crippen molar-refractivity contribution < 1.29 is 0 Å². The second-order valence-electron chi connectivity index (χ2n) is 10.7. The molecule has 39 heavy (non-hydrogen) atoms. The Bertz CT molecular complexity index is 1540. The molecule has 6 nitrogen and oxygen atoms in total. The highest BCUT2D eigenvalue weighted by molar-refractivity contribution is 5.87. The van der Waals surface area contributed by atoms with E-state index < -0.39 is 0 Å². The average Bonchev–Trinajstić information content (AvgIpc) is 3.16. The topological polar surface area (TPSA) is 82.8 Å². The fourth-order valence-corrected chi connectivity index (χ4v) is 5.59. The lowest BCUT2D eigenvalue weighted by atomic mass is 9.91. The van der Waals surface area contributed by atoms with Crippen molar-refractivity contribution in [2.75, 3.05) is 19.6 Å². The van der Waals surface area contributed by atoms with Gasteiger partial charge in [-0.3, -0.25) is 9.78 Å². The van der Waals surface area contributed by atoms with Crippen LogP contribution in [0.3, 0.4) is 0 Å². The van der Waals surface area contributed by atoms with Gasteiger partial charge in [-0.2, -0.15) is 5.26 Å². The van der Waals surface area contributed by atoms with Crippen LogP contribution in [0.15, 0.2) is 71.8 Å². The Kier molecular flexibility index (Phi) is 8.39. The van der Waals surface area contributed by atoms with Crippen LogP contribution in [0.5, 0.6) is 0 Å². The summed E-state index contributed by atoms with van der Waals surface area (Å²) in [6, 6.07) is 20.3. The van der Waals surface area contributed by atoms with E-state index in [0.29, 0.717) is 23.4 Å². The van der Waals surface area contributed by atoms with Crippen molar-refractivity contribution in [3.63, 3.8) is 0 Å². The molecular weight excluding hydrogens is 482 g/mol. The molecule has 1 aliphatic heterocycles. The number of aryl methyl sites for hydroxylation is 1. The number of pyridine rings is 1. The number of fused-ring (bicyclic) bond motifs is 1. The largest absolute Gasteiger partial charge is 0.303 e. The first-order chi connectivity index (χ1) is 19.0. The number of nitriles is 1. The fraction of sp³-hybridized carbons (Fsp3) is 0.364. The molecule has 1 aliphatic rings. The summed E-state index contributed by atoms with van der Waals surface area (Å²) in [6.45, 7) is 7.34. The van der Waals surface area contributed by atoms with Crippen molar-refractivity contribution in [2.24, 2.45) is 5.92 Å². The third-order valence-electron chi connectivity index (χ3n) is 7.95. The third-order valence-corrected chi connectivity index (χ3v) is 7.95. The molecule has 0 aliphatic carbocycles. The van der Waals surface area contributed by atoms with E-state index in [-0.39, 0.29) is 11.3 Å². The highest BCUT2D eigenvalue weighted by atomic mass is 16.1. The van der Waals surface area contributed by atoms with E-state index in [0.717, 1.165) is 60.5 Å². The molecule has 4 aromatic rings. The van der Waals surface area contributed by atoms with Gasteiger partial charge in [-0.1, -0.05) is 49.4 Å². The lowest BCUT2D eigenvalue weighted by molar-refractivity contribution is 0.181. The highest BCUT2D eigenvalue weighted by Gasteiger charge is 2.20. The minimum atomic E-state index is -0.0678. The zero-order valence-corrected chi connectivity index (χ0v) is 22.8. The summed E-state index contributed by atoms with van der Waals surface area (Å²) >= 11 is 0. The predicted molar refractivity (Wildman–Crippen MR) is 155 cm³/mol. The number of piperidine rings is 1. The maximum Gasteiger partial charge on any atom is 0.188 e. The first kappa shape index (κ1) is 26.6. The van der Waals surface area contributed by atoms with Gasteiger partial charge in [-0.05, 0) is 80.3 Å². The fourth-order valence-electron chi connectivity index (χ4n) is 5.59. The summed E-state index contributed by atoms with van der Waals surface area (Å²) in [5.74, 6) is 0.640. The van der Waals surface area contributed by atoms with Gasteiger partial charge in [-0.25, -0.2) is 9.97 Å². The molecule has 6 heteroatoms. The first-order valence-electron chi connectivity index (χ1n) is 13.9. The number of rotatable bonds is 8. The number of hydrogen-bond donors (Lipinski definition) is 0. The standard InChI is InChI=1S/C33H35N5O/c1-23-21-35-22-30(36-23)29-20-28-7-3-4-8-31(39)32(28)33(37-29)24(2)27-11-9-26(10-12-27)15-19-38-17-13-25(14-18-38)6-5-16-34/h3-4,7-12,20-22,24-25H,5-6,13-15,17-19H2,1-2H3. The smallest absolute Gasteiger partial charge is 0.188 e. The van der Waals surface area contributed by atoms with Crippen molar-refractivity contribution >= 4 is 10.8 Å². The van der Waals surface area contributed by atoms with Gasteiger partial charge in [-0.15, -0.1) is 0 Å². The van der Waals surface area contributed by atoms with Crippen LogP contribution in [0.1, 0.15) is 61.0 Å². The van der Waals surface area contributed by atoms with E-state index in [1.54, 1.807) is 24.5 Å². The van der Waals surface area contributed by atoms with Crippen molar-refractivity contribution in [3.8, 4) is 17.5 Å². The Morgan fingerprint density at radius 1 is 1.03 bits per heavy atom. The molecule has 5 rings (SSSR count). The summed E-state index contributed by atoms with van der Waals surface area (Å²) in [5.41, 5.74) is 5.43. The van der Waals surface area contributed by atoms with Gasteiger partial charge in [0.05, 0.1) is 34.7 Å². The lowest BCUT2D eigenvalue weighted by Crippen LogP contribution is -2.35. The number of aromatic nitrogens is 3. The molecule has 0 N–H and O–H groups in total. The van der Waals surface area contributed by atoms with Crippen LogP contribution in [-0.4, -0.2) is 39.5 Å². The summed E-state index contributed by atoms with van der Waals surface area (Å²) in [5, 5.41) is 10.3. The van der Waals surface area contributed by atoms with E-state index in [9.17, 15) is 4.79 Å². The SMILES string of the molecule is Cc1cncc(-c2cc3ccccc(=O)c3c(C(C)c3ccc(CCN4CCC(CCC#N)CC4)cc3)n2)n1. The van der Waals surface area contributed by atoms with Crippen molar-refractivity contribution in [1.29, 1.82) is 5.26 Å². The van der Waals surface area contributed by atoms with Crippen LogP contribution in [0.2, 0.25) is 0 Å². The number of hydrogen-bond acceptors (Lipinski definition) is 6. The molecule has 0 bridgehead atoms. The van der Waals surface area contributed by atoms with Gasteiger partial charge in [0.25, 0.3) is 0 Å². The molecule has 2 aromatic carbocycles. The van der Waals surface area contributed by atoms with Gasteiger partial charge in [0.1, 0.15) is 5.69 Å². The Hall–Kier alpha value is -3.95. The second kappa shape index (κ2) is 12.3. The molecule has 3 heterocycles. The summed E-state index contributed by atoms with van der Waals surface area (Å²) in [7, 11) is 0. The molecule has 0 saturated carbocycles. The Labute approximate surface area is 230 Å². The van der Waals surface area contributed by atoms with Gasteiger partial charge in [0.15, 0.2) is 5.43 Å². The summed E-state index contributed by atoms with van der Waals surface area (Å²) in [6.07, 6.45) is 8.59. The molecule has 0 amide bonds. The Morgan fingerprint density at radius 2 is 1.79 bits per heavy atom. The van der Waals surface area contributed by atoms with Gasteiger partial charge in [0.2, 0.25) is 0 Å². The summed E-state index contributed by atoms with van der Waals surface area (Å²) in [4.78, 5) is 29.6. The van der Waals surface area contributed by atoms with Gasteiger partial charge >= 0.3 is 0 Å². The lowest BCUT2D eigenvalue weighted by Gasteiger charge is -2.31. The van der Waals surface area contributed by atoms with E-state index in [2.05, 4.69) is 52.1 Å². The van der Waals surface area contributed by atoms with E-state index in [1.165, 1.54) is 18.4 Å². The molecule has 2 aromatic heterocycles. The monoisotopic (exact) mass is 517 g/mol. The van der Waals surface area contributed by atoms with Crippen LogP contribution in [0.4, 0.5) is 0 Å². The third kappa shape index (κ3) is 6.38. The van der Waals surface area contributed by atoms with Crippen molar-refractivity contribution in [3.05, 3.63) is 99.7 Å². The van der Waals surface area contributed by atoms with Crippen LogP contribution < -0.4 is 5.43 Å². The molecular formula is C33H35N5O. The molecule has 0 spiro atoms. The van der Waals surface area contributed by atoms with Crippen LogP contribution in [0, 0.1) is 24.2 Å². The molecule has 1 fully saturated rings. The van der Waals surface area contributed by atoms with E-state index in [1.807, 2.05) is 25.1 Å². The average molecular weight is 518 g/mol. The molecule has 1 atom stereocenters. The summed E-state index contributed by atoms with van der Waals surface area (Å²) < 4.78 is 0. The zero-order chi connectivity index (χ0) is 27.2. The molecule has 1 saturated heterocycles. The van der Waals surface area contributed by atoms with Crippen LogP contribution in [0.25, 0.3) is 22.2 Å². The van der Waals surface area contributed by atoms with Crippen LogP contribution in [-0.2, 0) is 6.42 Å². The minimum Gasteiger partial charge on any atom is -0.303 e. The maximum absolute atomic E-state index is 13.1. The minimum absolute atomic E-state index is 0.0285. The maximum atomic E-state index is 13.1. The first-order valence-corrected chi connectivity index (χ1v) is 13.9. The second-order valence-corrected chi connectivity index (χ2v) is 10.7. The zero-order valence-electron chi connectivity index (χ0n) is 22.8.